The first-order valence-electron chi connectivity index (χ1n) is 6.54. The van der Waals surface area contributed by atoms with Crippen LogP contribution in [0.1, 0.15) is 16.1 Å². The van der Waals surface area contributed by atoms with Gasteiger partial charge in [0, 0.05) is 22.9 Å². The number of hydrogen-bond donors (Lipinski definition) is 1. The fraction of sp³-hybridized carbons (Fsp3) is 0.125. The van der Waals surface area contributed by atoms with Crippen LogP contribution >= 0.6 is 15.9 Å². The molecule has 106 valence electrons. The van der Waals surface area contributed by atoms with Gasteiger partial charge < -0.3 is 5.32 Å². The summed E-state index contributed by atoms with van der Waals surface area (Å²) in [5.74, 6) is -0.142. The number of fused-ring (bicyclic) bond motifs is 1. The van der Waals surface area contributed by atoms with Gasteiger partial charge in [0.1, 0.15) is 0 Å². The number of carbonyl (C=O) groups is 1. The van der Waals surface area contributed by atoms with Gasteiger partial charge in [-0.1, -0.05) is 28.1 Å². The van der Waals surface area contributed by atoms with Gasteiger partial charge in [-0.3, -0.25) is 9.48 Å². The summed E-state index contributed by atoms with van der Waals surface area (Å²) in [5, 5.41) is 9.21. The number of hydrogen-bond acceptors (Lipinski definition) is 2. The zero-order chi connectivity index (χ0) is 15.0. The molecule has 0 bridgehead atoms. The van der Waals surface area contributed by atoms with Crippen LogP contribution in [0, 0.1) is 6.92 Å². The van der Waals surface area contributed by atoms with E-state index in [0.717, 1.165) is 26.6 Å². The molecule has 0 radical (unpaired) electrons. The summed E-state index contributed by atoms with van der Waals surface area (Å²) in [6.45, 7) is 1.87. The van der Waals surface area contributed by atoms with Crippen molar-refractivity contribution in [3.8, 4) is 0 Å². The summed E-state index contributed by atoms with van der Waals surface area (Å²) in [4.78, 5) is 12.3. The Morgan fingerprint density at radius 2 is 1.90 bits per heavy atom. The molecule has 1 N–H and O–H groups in total. The maximum absolute atomic E-state index is 12.3. The Balaban J connectivity index is 1.89. The molecule has 21 heavy (non-hydrogen) atoms. The zero-order valence-electron chi connectivity index (χ0n) is 11.7. The first kappa shape index (κ1) is 13.8. The van der Waals surface area contributed by atoms with Gasteiger partial charge in [0.25, 0.3) is 5.91 Å². The summed E-state index contributed by atoms with van der Waals surface area (Å²) in [5.41, 5.74) is 2.21. The van der Waals surface area contributed by atoms with Gasteiger partial charge in [-0.05, 0) is 42.0 Å². The molecule has 0 saturated carbocycles. The Hall–Kier alpha value is -2.14. The largest absolute Gasteiger partial charge is 0.322 e. The topological polar surface area (TPSA) is 46.9 Å². The third kappa shape index (κ3) is 2.69. The molecule has 0 aliphatic heterocycles. The Morgan fingerprint density at radius 3 is 2.62 bits per heavy atom. The second-order valence-corrected chi connectivity index (χ2v) is 5.84. The fourth-order valence-electron chi connectivity index (χ4n) is 2.21. The molecule has 0 aliphatic carbocycles. The molecule has 0 unspecified atom stereocenters. The Morgan fingerprint density at radius 1 is 1.19 bits per heavy atom. The van der Waals surface area contributed by atoms with Crippen LogP contribution in [0.4, 0.5) is 5.69 Å². The van der Waals surface area contributed by atoms with Gasteiger partial charge in [-0.2, -0.15) is 5.10 Å². The molecule has 1 aromatic heterocycles. The van der Waals surface area contributed by atoms with E-state index in [4.69, 9.17) is 0 Å². The van der Waals surface area contributed by atoms with Gasteiger partial charge in [-0.15, -0.1) is 0 Å². The van der Waals surface area contributed by atoms with E-state index in [2.05, 4.69) is 26.3 Å². The Bertz CT molecular complexity index is 839. The number of halogens is 1. The fourth-order valence-corrected chi connectivity index (χ4v) is 2.59. The quantitative estimate of drug-likeness (QED) is 0.767. The van der Waals surface area contributed by atoms with Crippen LogP contribution in [0.3, 0.4) is 0 Å². The summed E-state index contributed by atoms with van der Waals surface area (Å²) >= 11 is 3.45. The second kappa shape index (κ2) is 5.33. The monoisotopic (exact) mass is 343 g/mol. The molecular weight excluding hydrogens is 330 g/mol. The summed E-state index contributed by atoms with van der Waals surface area (Å²) in [7, 11) is 1.82. The molecule has 0 spiro atoms. The van der Waals surface area contributed by atoms with Crippen LogP contribution in [-0.4, -0.2) is 15.7 Å². The van der Waals surface area contributed by atoms with E-state index in [-0.39, 0.29) is 5.91 Å². The normalized spacial score (nSPS) is 10.8. The van der Waals surface area contributed by atoms with Crippen LogP contribution in [0.25, 0.3) is 10.8 Å². The predicted molar refractivity (Wildman–Crippen MR) is 87.5 cm³/mol. The minimum atomic E-state index is -0.142. The number of aromatic nitrogens is 2. The molecule has 0 aliphatic rings. The average molecular weight is 344 g/mol. The lowest BCUT2D eigenvalue weighted by molar-refractivity contribution is 0.102. The van der Waals surface area contributed by atoms with Crippen molar-refractivity contribution >= 4 is 38.3 Å². The maximum atomic E-state index is 12.3. The molecule has 1 amide bonds. The lowest BCUT2D eigenvalue weighted by Crippen LogP contribution is -2.12. The molecule has 0 fully saturated rings. The van der Waals surface area contributed by atoms with Crippen LogP contribution in [-0.2, 0) is 7.05 Å². The maximum Gasteiger partial charge on any atom is 0.259 e. The van der Waals surface area contributed by atoms with Gasteiger partial charge in [0.15, 0.2) is 0 Å². The third-order valence-corrected chi connectivity index (χ3v) is 4.03. The number of benzene rings is 2. The van der Waals surface area contributed by atoms with Gasteiger partial charge in [0.05, 0.1) is 11.8 Å². The van der Waals surface area contributed by atoms with Crippen LogP contribution in [0.2, 0.25) is 0 Å². The summed E-state index contributed by atoms with van der Waals surface area (Å²) in [6, 6.07) is 11.9. The van der Waals surface area contributed by atoms with E-state index in [1.807, 2.05) is 50.4 Å². The van der Waals surface area contributed by atoms with Crippen molar-refractivity contribution in [3.05, 3.63) is 58.3 Å². The van der Waals surface area contributed by atoms with E-state index in [0.29, 0.717) is 5.56 Å². The van der Waals surface area contributed by atoms with Gasteiger partial charge >= 0.3 is 0 Å². The van der Waals surface area contributed by atoms with E-state index < -0.39 is 0 Å². The first-order chi connectivity index (χ1) is 10.0. The molecule has 0 atom stereocenters. The molecular formula is C16H14BrN3O. The highest BCUT2D eigenvalue weighted by Crippen LogP contribution is 2.23. The summed E-state index contributed by atoms with van der Waals surface area (Å²) < 4.78 is 2.73. The predicted octanol–water partition coefficient (Wildman–Crippen LogP) is 3.90. The Kier molecular flexibility index (Phi) is 3.51. The number of nitrogens with one attached hydrogen (secondary N) is 1. The number of amides is 1. The number of anilines is 1. The van der Waals surface area contributed by atoms with Crippen molar-refractivity contribution in [2.75, 3.05) is 5.32 Å². The number of rotatable bonds is 2. The lowest BCUT2D eigenvalue weighted by atomic mass is 10.1. The molecule has 3 aromatic rings. The molecule has 2 aromatic carbocycles. The number of aryl methyl sites for hydroxylation is 1. The second-order valence-electron chi connectivity index (χ2n) is 4.93. The van der Waals surface area contributed by atoms with Crippen molar-refractivity contribution in [1.29, 1.82) is 0 Å². The third-order valence-electron chi connectivity index (χ3n) is 3.54. The SMILES string of the molecule is Cc1c(C(=O)Nc2ccc3cc(Br)ccc3c2)cnn1C. The highest BCUT2D eigenvalue weighted by Gasteiger charge is 2.13. The first-order valence-corrected chi connectivity index (χ1v) is 7.33. The van der Waals surface area contributed by atoms with Crippen molar-refractivity contribution in [2.45, 2.75) is 6.92 Å². The number of carbonyl (C=O) groups excluding carboxylic acids is 1. The van der Waals surface area contributed by atoms with Crippen molar-refractivity contribution in [3.63, 3.8) is 0 Å². The minimum Gasteiger partial charge on any atom is -0.322 e. The van der Waals surface area contributed by atoms with Crippen molar-refractivity contribution in [2.24, 2.45) is 7.05 Å². The Labute approximate surface area is 130 Å². The van der Waals surface area contributed by atoms with E-state index >= 15 is 0 Å². The minimum absolute atomic E-state index is 0.142. The molecule has 4 nitrogen and oxygen atoms in total. The smallest absolute Gasteiger partial charge is 0.259 e. The van der Waals surface area contributed by atoms with E-state index in [1.165, 1.54) is 0 Å². The van der Waals surface area contributed by atoms with E-state index in [9.17, 15) is 4.79 Å². The van der Waals surface area contributed by atoms with Crippen LogP contribution in [0.5, 0.6) is 0 Å². The van der Waals surface area contributed by atoms with Crippen LogP contribution in [0.15, 0.2) is 47.1 Å². The lowest BCUT2D eigenvalue weighted by Gasteiger charge is -2.07. The van der Waals surface area contributed by atoms with E-state index in [1.54, 1.807) is 10.9 Å². The zero-order valence-corrected chi connectivity index (χ0v) is 13.3. The number of nitrogens with zero attached hydrogens (tertiary/aromatic N) is 2. The molecule has 3 rings (SSSR count). The van der Waals surface area contributed by atoms with Gasteiger partial charge in [0.2, 0.25) is 0 Å². The molecule has 5 heteroatoms. The summed E-state index contributed by atoms with van der Waals surface area (Å²) in [6.07, 6.45) is 1.59. The standard InChI is InChI=1S/C16H14BrN3O/c1-10-15(9-18-20(10)2)16(21)19-14-6-4-11-7-13(17)5-3-12(11)8-14/h3-9H,1-2H3,(H,19,21). The van der Waals surface area contributed by atoms with Crippen molar-refractivity contribution in [1.82, 2.24) is 9.78 Å². The highest BCUT2D eigenvalue weighted by molar-refractivity contribution is 9.10. The van der Waals surface area contributed by atoms with Gasteiger partial charge in [-0.25, -0.2) is 0 Å². The molecule has 1 heterocycles. The van der Waals surface area contributed by atoms with Crippen molar-refractivity contribution < 1.29 is 4.79 Å². The highest BCUT2D eigenvalue weighted by atomic mass is 79.9. The average Bonchev–Trinajstić information content (AvgIpc) is 2.79. The molecule has 0 saturated heterocycles. The van der Waals surface area contributed by atoms with Crippen LogP contribution < -0.4 is 5.32 Å².